The molecule has 6 nitrogen and oxygen atoms in total. The average Bonchev–Trinajstić information content (AvgIpc) is 3.01. The van der Waals surface area contributed by atoms with Crippen LogP contribution in [0.1, 0.15) is 129 Å². The van der Waals surface area contributed by atoms with E-state index in [9.17, 15) is 25.5 Å². The molecule has 0 aromatic heterocycles. The normalized spacial score (nSPS) is 27.7. The number of unbranched alkanes of at least 4 members (excludes halogenated alkanes) is 14. The van der Waals surface area contributed by atoms with E-state index in [1.807, 2.05) is 0 Å². The van der Waals surface area contributed by atoms with E-state index in [0.717, 1.165) is 38.5 Å². The summed E-state index contributed by atoms with van der Waals surface area (Å²) in [5, 5.41) is 52.5. The quantitative estimate of drug-likeness (QED) is 0.170. The van der Waals surface area contributed by atoms with Crippen LogP contribution in [0.4, 0.5) is 0 Å². The monoisotopic (exact) mass is 460 g/mol. The Morgan fingerprint density at radius 2 is 1.12 bits per heavy atom. The molecular formula is C26H52O6. The summed E-state index contributed by atoms with van der Waals surface area (Å²) in [6, 6.07) is 0. The van der Waals surface area contributed by atoms with Gasteiger partial charge in [-0.05, 0) is 12.8 Å². The van der Waals surface area contributed by atoms with Gasteiger partial charge in [-0.15, -0.1) is 0 Å². The summed E-state index contributed by atoms with van der Waals surface area (Å²) < 4.78 is 5.66. The molecule has 1 rings (SSSR count). The number of hydrogen-bond acceptors (Lipinski definition) is 6. The lowest BCUT2D eigenvalue weighted by atomic mass is 9.72. The molecule has 1 heterocycles. The molecule has 1 aliphatic heterocycles. The number of aliphatic hydroxyl groups excluding tert-OH is 4. The molecule has 192 valence electrons. The minimum Gasteiger partial charge on any atom is -0.393 e. The fourth-order valence-electron chi connectivity index (χ4n) is 5.11. The van der Waals surface area contributed by atoms with Crippen molar-refractivity contribution in [3.63, 3.8) is 0 Å². The van der Waals surface area contributed by atoms with Gasteiger partial charge in [-0.3, -0.25) is 0 Å². The van der Waals surface area contributed by atoms with Crippen LogP contribution >= 0.6 is 0 Å². The Balaban J connectivity index is 2.60. The van der Waals surface area contributed by atoms with Gasteiger partial charge in [0.15, 0.2) is 6.29 Å². The average molecular weight is 461 g/mol. The van der Waals surface area contributed by atoms with Gasteiger partial charge in [-0.25, -0.2) is 0 Å². The number of ether oxygens (including phenoxy) is 1. The molecule has 0 bridgehead atoms. The van der Waals surface area contributed by atoms with Crippen LogP contribution < -0.4 is 0 Å². The summed E-state index contributed by atoms with van der Waals surface area (Å²) in [5.41, 5.74) is -3.25. The van der Waals surface area contributed by atoms with Gasteiger partial charge < -0.3 is 30.3 Å². The number of aliphatic hydroxyl groups is 5. The Hall–Kier alpha value is -0.240. The molecule has 0 radical (unpaired) electrons. The van der Waals surface area contributed by atoms with E-state index in [-0.39, 0.29) is 6.42 Å². The summed E-state index contributed by atoms with van der Waals surface area (Å²) in [6.07, 6.45) is 13.7. The Morgan fingerprint density at radius 1 is 0.688 bits per heavy atom. The predicted octanol–water partition coefficient (Wildman–Crippen LogP) is 4.58. The van der Waals surface area contributed by atoms with Crippen molar-refractivity contribution in [2.24, 2.45) is 0 Å². The van der Waals surface area contributed by atoms with E-state index in [1.165, 1.54) is 51.4 Å². The van der Waals surface area contributed by atoms with Gasteiger partial charge in [-0.1, -0.05) is 117 Å². The third-order valence-corrected chi connectivity index (χ3v) is 7.32. The van der Waals surface area contributed by atoms with Crippen molar-refractivity contribution in [2.45, 2.75) is 159 Å². The standard InChI is InChI=1S/C26H52O6/c1-3-5-7-9-11-13-15-17-19-25(31,21-27)26(23(29)22(28)24(30)32-26)20-18-16-14-12-10-8-6-4-2/h22-24,27-31H,3-21H2,1-2H3/t22-,23+,24+,25+,26+/m1/s1. The van der Waals surface area contributed by atoms with Crippen molar-refractivity contribution in [3.8, 4) is 0 Å². The maximum atomic E-state index is 11.4. The van der Waals surface area contributed by atoms with Crippen LogP contribution in [0, 0.1) is 0 Å². The summed E-state index contributed by atoms with van der Waals surface area (Å²) >= 11 is 0. The Morgan fingerprint density at radius 3 is 1.53 bits per heavy atom. The van der Waals surface area contributed by atoms with E-state index in [0.29, 0.717) is 19.3 Å². The van der Waals surface area contributed by atoms with Crippen LogP contribution in [-0.2, 0) is 4.74 Å². The molecule has 0 spiro atoms. The van der Waals surface area contributed by atoms with Crippen LogP contribution in [0.2, 0.25) is 0 Å². The van der Waals surface area contributed by atoms with Crippen LogP contribution in [-0.4, -0.2) is 61.8 Å². The van der Waals surface area contributed by atoms with Crippen molar-refractivity contribution in [2.75, 3.05) is 6.61 Å². The highest BCUT2D eigenvalue weighted by Crippen LogP contribution is 2.45. The molecule has 5 N–H and O–H groups in total. The topological polar surface area (TPSA) is 110 Å². The fourth-order valence-corrected chi connectivity index (χ4v) is 5.11. The molecule has 0 aliphatic carbocycles. The van der Waals surface area contributed by atoms with Gasteiger partial charge in [-0.2, -0.15) is 0 Å². The minimum absolute atomic E-state index is 0.270. The zero-order chi connectivity index (χ0) is 23.9. The molecule has 0 amide bonds. The third kappa shape index (κ3) is 8.84. The minimum atomic E-state index is -1.70. The molecule has 5 atom stereocenters. The highest BCUT2D eigenvalue weighted by atomic mass is 16.7. The van der Waals surface area contributed by atoms with Gasteiger partial charge in [0.2, 0.25) is 0 Å². The van der Waals surface area contributed by atoms with Crippen LogP contribution in [0.5, 0.6) is 0 Å². The molecule has 6 heteroatoms. The molecule has 0 saturated carbocycles. The molecule has 1 fully saturated rings. The zero-order valence-electron chi connectivity index (χ0n) is 20.8. The van der Waals surface area contributed by atoms with Gasteiger partial charge in [0.1, 0.15) is 23.4 Å². The summed E-state index contributed by atoms with van der Waals surface area (Å²) in [4.78, 5) is 0. The lowest BCUT2D eigenvalue weighted by Crippen LogP contribution is -2.63. The van der Waals surface area contributed by atoms with Crippen molar-refractivity contribution in [1.29, 1.82) is 0 Å². The lowest BCUT2D eigenvalue weighted by molar-refractivity contribution is -0.250. The van der Waals surface area contributed by atoms with Gasteiger partial charge in [0.05, 0.1) is 6.61 Å². The van der Waals surface area contributed by atoms with E-state index in [4.69, 9.17) is 4.74 Å². The second-order valence-electron chi connectivity index (χ2n) is 9.97. The third-order valence-electron chi connectivity index (χ3n) is 7.32. The van der Waals surface area contributed by atoms with Crippen molar-refractivity contribution in [1.82, 2.24) is 0 Å². The molecular weight excluding hydrogens is 408 g/mol. The first-order valence-electron chi connectivity index (χ1n) is 13.4. The van der Waals surface area contributed by atoms with E-state index in [2.05, 4.69) is 13.8 Å². The molecule has 32 heavy (non-hydrogen) atoms. The highest BCUT2D eigenvalue weighted by Gasteiger charge is 2.63. The van der Waals surface area contributed by atoms with Gasteiger partial charge >= 0.3 is 0 Å². The fraction of sp³-hybridized carbons (Fsp3) is 1.00. The summed E-state index contributed by atoms with van der Waals surface area (Å²) in [5.74, 6) is 0. The first kappa shape index (κ1) is 29.8. The number of rotatable bonds is 20. The molecule has 0 aromatic carbocycles. The molecule has 0 unspecified atom stereocenters. The maximum Gasteiger partial charge on any atom is 0.184 e. The maximum absolute atomic E-state index is 11.4. The summed E-state index contributed by atoms with van der Waals surface area (Å²) in [7, 11) is 0. The van der Waals surface area contributed by atoms with E-state index in [1.54, 1.807) is 0 Å². The SMILES string of the molecule is CCCCCCCCCC[C@](O)(CO)[C@@]1(CCCCCCCCCC)O[C@H](O)[C@H](O)[C@@H]1O. The predicted molar refractivity (Wildman–Crippen MR) is 128 cm³/mol. The summed E-state index contributed by atoms with van der Waals surface area (Å²) in [6.45, 7) is 3.83. The van der Waals surface area contributed by atoms with Crippen LogP contribution in [0.3, 0.4) is 0 Å². The molecule has 0 aromatic rings. The lowest BCUT2D eigenvalue weighted by Gasteiger charge is -2.45. The number of hydrogen-bond donors (Lipinski definition) is 5. The van der Waals surface area contributed by atoms with Crippen molar-refractivity contribution in [3.05, 3.63) is 0 Å². The first-order valence-corrected chi connectivity index (χ1v) is 13.4. The van der Waals surface area contributed by atoms with Crippen LogP contribution in [0.25, 0.3) is 0 Å². The Labute approximate surface area is 196 Å². The zero-order valence-corrected chi connectivity index (χ0v) is 20.8. The second kappa shape index (κ2) is 16.4. The Bertz CT molecular complexity index is 462. The first-order chi connectivity index (χ1) is 15.4. The van der Waals surface area contributed by atoms with E-state index >= 15 is 0 Å². The van der Waals surface area contributed by atoms with E-state index < -0.39 is 36.3 Å². The highest BCUT2D eigenvalue weighted by molar-refractivity contribution is 5.11. The Kier molecular flexibility index (Phi) is 15.3. The molecule has 1 aliphatic rings. The largest absolute Gasteiger partial charge is 0.393 e. The second-order valence-corrected chi connectivity index (χ2v) is 9.97. The molecule has 1 saturated heterocycles. The van der Waals surface area contributed by atoms with Crippen molar-refractivity contribution >= 4 is 0 Å². The van der Waals surface area contributed by atoms with Crippen molar-refractivity contribution < 1.29 is 30.3 Å². The van der Waals surface area contributed by atoms with Gasteiger partial charge in [0.25, 0.3) is 0 Å². The van der Waals surface area contributed by atoms with Crippen LogP contribution in [0.15, 0.2) is 0 Å². The smallest absolute Gasteiger partial charge is 0.184 e. The van der Waals surface area contributed by atoms with Gasteiger partial charge in [0, 0.05) is 0 Å².